The van der Waals surface area contributed by atoms with Gasteiger partial charge in [0.25, 0.3) is 5.91 Å². The van der Waals surface area contributed by atoms with Gasteiger partial charge in [0.05, 0.1) is 16.7 Å². The Hall–Kier alpha value is -2.44. The number of nitrogen functional groups attached to an aromatic ring is 1. The van der Waals surface area contributed by atoms with Gasteiger partial charge < -0.3 is 16.4 Å². The van der Waals surface area contributed by atoms with Crippen molar-refractivity contribution < 1.29 is 9.18 Å². The molecule has 1 aromatic carbocycles. The van der Waals surface area contributed by atoms with E-state index in [4.69, 9.17) is 11.5 Å². The summed E-state index contributed by atoms with van der Waals surface area (Å²) in [6, 6.07) is 2.88. The molecule has 1 aliphatic heterocycles. The van der Waals surface area contributed by atoms with Gasteiger partial charge in [-0.3, -0.25) is 4.79 Å². The number of nitrogens with two attached hydrogens (primary N) is 2. The van der Waals surface area contributed by atoms with Crippen molar-refractivity contribution in [3.8, 4) is 0 Å². The molecule has 104 valence electrons. The monoisotopic (exact) mass is 275 g/mol. The van der Waals surface area contributed by atoms with E-state index in [1.54, 1.807) is 6.07 Å². The Morgan fingerprint density at radius 2 is 1.85 bits per heavy atom. The summed E-state index contributed by atoms with van der Waals surface area (Å²) in [5.41, 5.74) is 11.9. The molecule has 0 spiro atoms. The Bertz CT molecular complexity index is 697. The molecule has 0 atom stereocenters. The lowest BCUT2D eigenvalue weighted by molar-refractivity contribution is 0.0996. The number of rotatable bonds is 2. The second-order valence-electron chi connectivity index (χ2n) is 4.81. The van der Waals surface area contributed by atoms with Crippen LogP contribution in [0.1, 0.15) is 23.3 Å². The number of carbonyl (C=O) groups excluding carboxylic acids is 1. The highest BCUT2D eigenvalue weighted by Crippen LogP contribution is 2.27. The zero-order chi connectivity index (χ0) is 14.3. The largest absolute Gasteiger partial charge is 0.382 e. The Kier molecular flexibility index (Phi) is 2.89. The topological polar surface area (TPSA) is 98.1 Å². The van der Waals surface area contributed by atoms with Gasteiger partial charge in [-0.2, -0.15) is 0 Å². The van der Waals surface area contributed by atoms with Crippen LogP contribution in [0, 0.1) is 5.82 Å². The molecule has 0 unspecified atom stereocenters. The minimum Gasteiger partial charge on any atom is -0.382 e. The molecule has 1 fully saturated rings. The lowest BCUT2D eigenvalue weighted by atomic mass is 10.2. The van der Waals surface area contributed by atoms with Crippen LogP contribution < -0.4 is 16.4 Å². The number of carbonyl (C=O) groups is 1. The molecule has 0 radical (unpaired) electrons. The van der Waals surface area contributed by atoms with Crippen LogP contribution in [0.4, 0.5) is 15.9 Å². The maximum Gasteiger partial charge on any atom is 0.271 e. The lowest BCUT2D eigenvalue weighted by Gasteiger charge is -2.18. The Morgan fingerprint density at radius 1 is 1.20 bits per heavy atom. The molecule has 7 heteroatoms. The maximum atomic E-state index is 14.1. The average Bonchev–Trinajstić information content (AvgIpc) is 2.91. The van der Waals surface area contributed by atoms with Crippen molar-refractivity contribution in [2.45, 2.75) is 12.8 Å². The molecule has 0 bridgehead atoms. The number of benzene rings is 1. The van der Waals surface area contributed by atoms with E-state index >= 15 is 0 Å². The molecular formula is C13H14FN5O. The van der Waals surface area contributed by atoms with Crippen molar-refractivity contribution in [1.82, 2.24) is 9.97 Å². The van der Waals surface area contributed by atoms with Gasteiger partial charge in [0.15, 0.2) is 11.5 Å². The van der Waals surface area contributed by atoms with Crippen LogP contribution in [0.25, 0.3) is 11.0 Å². The minimum atomic E-state index is -0.777. The number of nitrogens with zero attached hydrogens (tertiary/aromatic N) is 3. The van der Waals surface area contributed by atoms with Gasteiger partial charge in [-0.1, -0.05) is 0 Å². The summed E-state index contributed by atoms with van der Waals surface area (Å²) in [5.74, 6) is -1.20. The van der Waals surface area contributed by atoms with Crippen LogP contribution in [0.5, 0.6) is 0 Å². The number of primary amides is 1. The molecule has 2 heterocycles. The zero-order valence-corrected chi connectivity index (χ0v) is 10.8. The summed E-state index contributed by atoms with van der Waals surface area (Å²) in [5, 5.41) is 0. The van der Waals surface area contributed by atoms with Crippen molar-refractivity contribution in [3.63, 3.8) is 0 Å². The second-order valence-corrected chi connectivity index (χ2v) is 4.81. The second kappa shape index (κ2) is 4.59. The predicted octanol–water partition coefficient (Wildman–Crippen LogP) is 1.05. The first-order valence-corrected chi connectivity index (χ1v) is 6.38. The van der Waals surface area contributed by atoms with E-state index in [2.05, 4.69) is 9.97 Å². The fraction of sp³-hybridized carbons (Fsp3) is 0.308. The molecule has 3 rings (SSSR count). The summed E-state index contributed by atoms with van der Waals surface area (Å²) < 4.78 is 14.1. The van der Waals surface area contributed by atoms with Crippen LogP contribution in [0.15, 0.2) is 12.1 Å². The number of anilines is 2. The van der Waals surface area contributed by atoms with Crippen molar-refractivity contribution in [1.29, 1.82) is 0 Å². The van der Waals surface area contributed by atoms with E-state index in [1.807, 2.05) is 4.90 Å². The molecule has 6 nitrogen and oxygen atoms in total. The first-order valence-electron chi connectivity index (χ1n) is 6.38. The quantitative estimate of drug-likeness (QED) is 0.853. The molecule has 20 heavy (non-hydrogen) atoms. The molecule has 4 N–H and O–H groups in total. The van der Waals surface area contributed by atoms with Gasteiger partial charge >= 0.3 is 0 Å². The first-order chi connectivity index (χ1) is 9.56. The molecular weight excluding hydrogens is 261 g/mol. The predicted molar refractivity (Wildman–Crippen MR) is 73.9 cm³/mol. The summed E-state index contributed by atoms with van der Waals surface area (Å²) in [6.07, 6.45) is 2.10. The molecule has 1 amide bonds. The molecule has 1 saturated heterocycles. The van der Waals surface area contributed by atoms with Crippen molar-refractivity contribution in [2.75, 3.05) is 23.7 Å². The number of halogens is 1. The van der Waals surface area contributed by atoms with Gasteiger partial charge in [0, 0.05) is 19.2 Å². The summed E-state index contributed by atoms with van der Waals surface area (Å²) in [7, 11) is 0. The number of aromatic nitrogens is 2. The lowest BCUT2D eigenvalue weighted by Crippen LogP contribution is -2.20. The van der Waals surface area contributed by atoms with E-state index < -0.39 is 5.91 Å². The fourth-order valence-corrected chi connectivity index (χ4v) is 2.46. The van der Waals surface area contributed by atoms with E-state index in [9.17, 15) is 9.18 Å². The molecule has 0 aliphatic carbocycles. The number of hydrogen-bond acceptors (Lipinski definition) is 5. The van der Waals surface area contributed by atoms with Crippen molar-refractivity contribution >= 4 is 28.4 Å². The van der Waals surface area contributed by atoms with Gasteiger partial charge in [0.2, 0.25) is 0 Å². The summed E-state index contributed by atoms with van der Waals surface area (Å²) in [6.45, 7) is 1.65. The van der Waals surface area contributed by atoms with Gasteiger partial charge in [-0.25, -0.2) is 14.4 Å². The van der Waals surface area contributed by atoms with Crippen LogP contribution in [-0.2, 0) is 0 Å². The van der Waals surface area contributed by atoms with E-state index in [1.165, 1.54) is 6.07 Å². The highest BCUT2D eigenvalue weighted by atomic mass is 19.1. The van der Waals surface area contributed by atoms with Gasteiger partial charge in [-0.15, -0.1) is 0 Å². The van der Waals surface area contributed by atoms with E-state index in [0.717, 1.165) is 25.9 Å². The number of fused-ring (bicyclic) bond motifs is 1. The van der Waals surface area contributed by atoms with Crippen LogP contribution in [-0.4, -0.2) is 29.0 Å². The maximum absolute atomic E-state index is 14.1. The number of hydrogen-bond donors (Lipinski definition) is 2. The third-order valence-corrected chi connectivity index (χ3v) is 3.44. The van der Waals surface area contributed by atoms with Crippen LogP contribution >= 0.6 is 0 Å². The van der Waals surface area contributed by atoms with Crippen molar-refractivity contribution in [2.24, 2.45) is 5.73 Å². The standard InChI is InChI=1S/C13H14FN5O/c14-7-5-8-9(6-10(7)19-3-1-2-4-19)18-12(15)11(17-8)13(16)20/h5-6H,1-4H2,(H2,15,18)(H2,16,20). The van der Waals surface area contributed by atoms with Crippen LogP contribution in [0.3, 0.4) is 0 Å². The third-order valence-electron chi connectivity index (χ3n) is 3.44. The molecule has 1 aliphatic rings. The molecule has 1 aromatic heterocycles. The zero-order valence-electron chi connectivity index (χ0n) is 10.8. The summed E-state index contributed by atoms with van der Waals surface area (Å²) >= 11 is 0. The highest BCUT2D eigenvalue weighted by molar-refractivity contribution is 5.97. The van der Waals surface area contributed by atoms with E-state index in [0.29, 0.717) is 11.2 Å². The Balaban J connectivity index is 2.15. The Morgan fingerprint density at radius 3 is 2.50 bits per heavy atom. The van der Waals surface area contributed by atoms with E-state index in [-0.39, 0.29) is 22.8 Å². The molecule has 0 saturated carbocycles. The number of amides is 1. The van der Waals surface area contributed by atoms with Crippen LogP contribution in [0.2, 0.25) is 0 Å². The SMILES string of the molecule is NC(=O)c1nc2cc(F)c(N3CCCC3)cc2nc1N. The first kappa shape index (κ1) is 12.6. The Labute approximate surface area is 114 Å². The normalized spacial score (nSPS) is 14.9. The minimum absolute atomic E-state index is 0.0380. The highest BCUT2D eigenvalue weighted by Gasteiger charge is 2.19. The summed E-state index contributed by atoms with van der Waals surface area (Å²) in [4.78, 5) is 21.2. The third kappa shape index (κ3) is 2.01. The fourth-order valence-electron chi connectivity index (χ4n) is 2.46. The van der Waals surface area contributed by atoms with Crippen molar-refractivity contribution in [3.05, 3.63) is 23.6 Å². The molecule has 2 aromatic rings. The van der Waals surface area contributed by atoms with Gasteiger partial charge in [-0.05, 0) is 18.9 Å². The average molecular weight is 275 g/mol. The smallest absolute Gasteiger partial charge is 0.271 e. The van der Waals surface area contributed by atoms with Gasteiger partial charge in [0.1, 0.15) is 5.82 Å².